The molecule has 0 bridgehead atoms. The Hall–Kier alpha value is -2.63. The summed E-state index contributed by atoms with van der Waals surface area (Å²) in [5.41, 5.74) is 4.90. The Bertz CT molecular complexity index is 561. The molecule has 1 aromatic heterocycles. The first-order chi connectivity index (χ1) is 8.65. The van der Waals surface area contributed by atoms with Gasteiger partial charge in [0.25, 0.3) is 0 Å². The zero-order valence-electron chi connectivity index (χ0n) is 9.26. The summed E-state index contributed by atoms with van der Waals surface area (Å²) in [5, 5.41) is 2.16. The molecule has 18 heavy (non-hydrogen) atoms. The molecular formula is C12H10FN3O2. The van der Waals surface area contributed by atoms with E-state index in [1.807, 2.05) is 0 Å². The van der Waals surface area contributed by atoms with Crippen molar-refractivity contribution >= 4 is 11.7 Å². The second kappa shape index (κ2) is 5.13. The van der Waals surface area contributed by atoms with Gasteiger partial charge in [-0.25, -0.2) is 9.18 Å². The highest BCUT2D eigenvalue weighted by atomic mass is 19.1. The number of carbonyl (C=O) groups is 1. The predicted molar refractivity (Wildman–Crippen MR) is 63.9 cm³/mol. The van der Waals surface area contributed by atoms with E-state index in [0.29, 0.717) is 11.5 Å². The molecule has 3 N–H and O–H groups in total. The molecule has 0 aliphatic rings. The van der Waals surface area contributed by atoms with Crippen LogP contribution in [0.2, 0.25) is 0 Å². The fraction of sp³-hybridized carbons (Fsp3) is 0. The highest BCUT2D eigenvalue weighted by Gasteiger charge is 2.06. The van der Waals surface area contributed by atoms with E-state index >= 15 is 0 Å². The van der Waals surface area contributed by atoms with Crippen molar-refractivity contribution in [2.24, 2.45) is 5.73 Å². The number of aromatic nitrogens is 1. The van der Waals surface area contributed by atoms with E-state index in [1.54, 1.807) is 24.5 Å². The van der Waals surface area contributed by atoms with Crippen LogP contribution >= 0.6 is 0 Å². The van der Waals surface area contributed by atoms with Crippen LogP contribution in [0, 0.1) is 5.82 Å². The number of nitrogens with two attached hydrogens (primary N) is 1. The number of nitrogens with zero attached hydrogens (tertiary/aromatic N) is 1. The molecule has 0 fully saturated rings. The summed E-state index contributed by atoms with van der Waals surface area (Å²) in [6.45, 7) is 0. The molecule has 6 heteroatoms. The van der Waals surface area contributed by atoms with Crippen LogP contribution in [0.4, 0.5) is 14.9 Å². The Morgan fingerprint density at radius 3 is 2.56 bits per heavy atom. The van der Waals surface area contributed by atoms with Gasteiger partial charge < -0.3 is 15.8 Å². The van der Waals surface area contributed by atoms with Crippen molar-refractivity contribution in [3.05, 3.63) is 48.5 Å². The number of hydrogen-bond donors (Lipinski definition) is 2. The number of hydrogen-bond acceptors (Lipinski definition) is 3. The first kappa shape index (κ1) is 11.8. The average molecular weight is 247 g/mol. The average Bonchev–Trinajstić information content (AvgIpc) is 2.33. The second-order valence-electron chi connectivity index (χ2n) is 3.42. The third-order valence-corrected chi connectivity index (χ3v) is 2.08. The minimum absolute atomic E-state index is 0.00424. The maximum Gasteiger partial charge on any atom is 0.316 e. The minimum Gasteiger partial charge on any atom is -0.457 e. The molecule has 0 atom stereocenters. The maximum atomic E-state index is 13.6. The number of halogens is 1. The summed E-state index contributed by atoms with van der Waals surface area (Å²) in [7, 11) is 0. The van der Waals surface area contributed by atoms with Gasteiger partial charge in [-0.05, 0) is 24.3 Å². The maximum absolute atomic E-state index is 13.6. The minimum atomic E-state index is -0.822. The van der Waals surface area contributed by atoms with Crippen LogP contribution in [0.3, 0.4) is 0 Å². The van der Waals surface area contributed by atoms with E-state index in [9.17, 15) is 9.18 Å². The smallest absolute Gasteiger partial charge is 0.316 e. The lowest BCUT2D eigenvalue weighted by atomic mass is 10.3. The summed E-state index contributed by atoms with van der Waals surface area (Å²) < 4.78 is 18.9. The van der Waals surface area contributed by atoms with Gasteiger partial charge in [0.05, 0.1) is 5.69 Å². The molecule has 0 saturated carbocycles. The number of carbonyl (C=O) groups excluding carboxylic acids is 1. The number of ether oxygens (including phenoxy) is 1. The van der Waals surface area contributed by atoms with Gasteiger partial charge in [-0.15, -0.1) is 0 Å². The van der Waals surface area contributed by atoms with Crippen LogP contribution in [-0.4, -0.2) is 11.0 Å². The topological polar surface area (TPSA) is 77.2 Å². The largest absolute Gasteiger partial charge is 0.457 e. The van der Waals surface area contributed by atoms with Crippen LogP contribution in [0.1, 0.15) is 0 Å². The highest BCUT2D eigenvalue weighted by molar-refractivity contribution is 5.87. The van der Waals surface area contributed by atoms with Gasteiger partial charge in [-0.2, -0.15) is 0 Å². The van der Waals surface area contributed by atoms with E-state index in [0.717, 1.165) is 6.07 Å². The Morgan fingerprint density at radius 1 is 1.22 bits per heavy atom. The van der Waals surface area contributed by atoms with E-state index in [-0.39, 0.29) is 5.69 Å². The third-order valence-electron chi connectivity index (χ3n) is 2.08. The van der Waals surface area contributed by atoms with Crippen LogP contribution < -0.4 is 15.8 Å². The van der Waals surface area contributed by atoms with E-state index < -0.39 is 11.8 Å². The molecule has 2 aromatic rings. The quantitative estimate of drug-likeness (QED) is 0.874. The van der Waals surface area contributed by atoms with Gasteiger partial charge in [0.1, 0.15) is 17.3 Å². The summed E-state index contributed by atoms with van der Waals surface area (Å²) in [6, 6.07) is 6.52. The van der Waals surface area contributed by atoms with E-state index in [4.69, 9.17) is 10.5 Å². The Kier molecular flexibility index (Phi) is 3.38. The molecule has 0 saturated heterocycles. The monoisotopic (exact) mass is 247 g/mol. The molecule has 92 valence electrons. The number of benzene rings is 1. The normalized spacial score (nSPS) is 9.83. The van der Waals surface area contributed by atoms with Crippen molar-refractivity contribution in [1.29, 1.82) is 0 Å². The van der Waals surface area contributed by atoms with Gasteiger partial charge in [0, 0.05) is 18.5 Å². The van der Waals surface area contributed by atoms with Crippen molar-refractivity contribution in [2.45, 2.75) is 0 Å². The van der Waals surface area contributed by atoms with Crippen molar-refractivity contribution in [1.82, 2.24) is 4.98 Å². The zero-order chi connectivity index (χ0) is 13.0. The third kappa shape index (κ3) is 2.94. The highest BCUT2D eigenvalue weighted by Crippen LogP contribution is 2.24. The number of amides is 2. The lowest BCUT2D eigenvalue weighted by molar-refractivity contribution is 0.259. The Morgan fingerprint density at radius 2 is 1.94 bits per heavy atom. The standard InChI is InChI=1S/C12H10FN3O2/c13-10-7-9(1-2-11(10)16-12(14)17)18-8-3-5-15-6-4-8/h1-7H,(H3,14,16,17). The first-order valence-electron chi connectivity index (χ1n) is 5.09. The molecule has 0 aliphatic heterocycles. The van der Waals surface area contributed by atoms with Gasteiger partial charge in [0.15, 0.2) is 0 Å². The number of urea groups is 1. The molecule has 5 nitrogen and oxygen atoms in total. The number of primary amides is 1. The molecule has 1 heterocycles. The summed E-state index contributed by atoms with van der Waals surface area (Å²) >= 11 is 0. The van der Waals surface area contributed by atoms with Crippen LogP contribution in [0.15, 0.2) is 42.7 Å². The molecule has 0 spiro atoms. The predicted octanol–water partition coefficient (Wildman–Crippen LogP) is 2.50. The lowest BCUT2D eigenvalue weighted by Gasteiger charge is -2.07. The number of pyridine rings is 1. The Balaban J connectivity index is 2.16. The number of anilines is 1. The second-order valence-corrected chi connectivity index (χ2v) is 3.42. The van der Waals surface area contributed by atoms with E-state index in [1.165, 1.54) is 12.1 Å². The van der Waals surface area contributed by atoms with Crippen LogP contribution in [-0.2, 0) is 0 Å². The molecule has 0 unspecified atom stereocenters. The van der Waals surface area contributed by atoms with Crippen molar-refractivity contribution in [2.75, 3.05) is 5.32 Å². The van der Waals surface area contributed by atoms with Crippen molar-refractivity contribution in [3.63, 3.8) is 0 Å². The summed E-state index contributed by atoms with van der Waals surface area (Å²) in [5.74, 6) is 0.231. The molecular weight excluding hydrogens is 237 g/mol. The molecule has 0 radical (unpaired) electrons. The summed E-state index contributed by atoms with van der Waals surface area (Å²) in [6.07, 6.45) is 3.13. The van der Waals surface area contributed by atoms with Gasteiger partial charge >= 0.3 is 6.03 Å². The Labute approximate surface area is 102 Å². The van der Waals surface area contributed by atoms with E-state index in [2.05, 4.69) is 10.3 Å². The molecule has 0 aliphatic carbocycles. The SMILES string of the molecule is NC(=O)Nc1ccc(Oc2ccncc2)cc1F. The first-order valence-corrected chi connectivity index (χ1v) is 5.09. The number of rotatable bonds is 3. The molecule has 1 aromatic carbocycles. The molecule has 2 amide bonds. The fourth-order valence-electron chi connectivity index (χ4n) is 1.34. The van der Waals surface area contributed by atoms with Gasteiger partial charge in [-0.1, -0.05) is 0 Å². The van der Waals surface area contributed by atoms with Crippen molar-refractivity contribution in [3.8, 4) is 11.5 Å². The number of nitrogens with one attached hydrogen (secondary N) is 1. The zero-order valence-corrected chi connectivity index (χ0v) is 9.26. The van der Waals surface area contributed by atoms with Crippen molar-refractivity contribution < 1.29 is 13.9 Å². The van der Waals surface area contributed by atoms with Crippen LogP contribution in [0.5, 0.6) is 11.5 Å². The summed E-state index contributed by atoms with van der Waals surface area (Å²) in [4.78, 5) is 14.4. The van der Waals surface area contributed by atoms with Crippen LogP contribution in [0.25, 0.3) is 0 Å². The fourth-order valence-corrected chi connectivity index (χ4v) is 1.34. The molecule has 2 rings (SSSR count). The lowest BCUT2D eigenvalue weighted by Crippen LogP contribution is -2.19. The van der Waals surface area contributed by atoms with Gasteiger partial charge in [-0.3, -0.25) is 4.98 Å². The van der Waals surface area contributed by atoms with Gasteiger partial charge in [0.2, 0.25) is 0 Å².